The first-order valence-electron chi connectivity index (χ1n) is 6.37. The molecule has 3 heterocycles. The molecule has 6 N–H and O–H groups in total. The third-order valence-corrected chi connectivity index (χ3v) is 3.57. The van der Waals surface area contributed by atoms with Gasteiger partial charge in [0.25, 0.3) is 5.56 Å². The predicted molar refractivity (Wildman–Crippen MR) is 73.7 cm³/mol. The van der Waals surface area contributed by atoms with E-state index >= 15 is 0 Å². The Kier molecular flexibility index (Phi) is 3.43. The molecule has 0 spiro atoms. The summed E-state index contributed by atoms with van der Waals surface area (Å²) in [5, 5.41) is 32.8. The van der Waals surface area contributed by atoms with E-state index in [9.17, 15) is 20.1 Å². The van der Waals surface area contributed by atoms with Crippen LogP contribution in [0.5, 0.6) is 0 Å². The molecule has 0 amide bonds. The maximum Gasteiger partial charge on any atom is 0.280 e. The molecular formula is C10H12N8O5. The number of hydrogen-bond acceptors (Lipinski definition) is 9. The lowest BCUT2D eigenvalue weighted by Crippen LogP contribution is -2.44. The maximum atomic E-state index is 11.7. The Morgan fingerprint density at radius 3 is 3.00 bits per heavy atom. The van der Waals surface area contributed by atoms with Crippen LogP contribution >= 0.6 is 0 Å². The van der Waals surface area contributed by atoms with E-state index in [0.717, 1.165) is 10.9 Å². The summed E-state index contributed by atoms with van der Waals surface area (Å²) >= 11 is 0. The van der Waals surface area contributed by atoms with Crippen molar-refractivity contribution in [2.24, 2.45) is 5.11 Å². The molecule has 0 bridgehead atoms. The van der Waals surface area contributed by atoms with Crippen LogP contribution in [0.4, 0.5) is 5.95 Å². The molecule has 2 aromatic heterocycles. The van der Waals surface area contributed by atoms with Crippen LogP contribution in [0.1, 0.15) is 6.23 Å². The largest absolute Gasteiger partial charge is 0.393 e. The number of imidazole rings is 1. The van der Waals surface area contributed by atoms with E-state index in [1.54, 1.807) is 0 Å². The van der Waals surface area contributed by atoms with Gasteiger partial charge in [-0.3, -0.25) is 14.3 Å². The average Bonchev–Trinajstić information content (AvgIpc) is 3.03. The van der Waals surface area contributed by atoms with Crippen molar-refractivity contribution in [3.63, 3.8) is 0 Å². The highest BCUT2D eigenvalue weighted by Crippen LogP contribution is 2.38. The van der Waals surface area contributed by atoms with Crippen LogP contribution in [-0.2, 0) is 4.74 Å². The first kappa shape index (κ1) is 15.2. The van der Waals surface area contributed by atoms with Crippen LogP contribution in [-0.4, -0.2) is 59.4 Å². The molecule has 1 fully saturated rings. The van der Waals surface area contributed by atoms with Gasteiger partial charge in [0.15, 0.2) is 17.4 Å². The van der Waals surface area contributed by atoms with Crippen molar-refractivity contribution in [2.75, 3.05) is 12.3 Å². The highest BCUT2D eigenvalue weighted by Gasteiger charge is 2.55. The lowest BCUT2D eigenvalue weighted by Gasteiger charge is -2.23. The number of aromatic nitrogens is 4. The zero-order chi connectivity index (χ0) is 16.8. The predicted octanol–water partition coefficient (Wildman–Crippen LogP) is -2.05. The number of nitrogen functional groups attached to an aromatic ring is 1. The summed E-state index contributed by atoms with van der Waals surface area (Å²) in [6, 6.07) is 0. The summed E-state index contributed by atoms with van der Waals surface area (Å²) in [5.74, 6) is -0.180. The Morgan fingerprint density at radius 2 is 2.35 bits per heavy atom. The topological polar surface area (TPSA) is 208 Å². The summed E-state index contributed by atoms with van der Waals surface area (Å²) in [5.41, 5.74) is 11.3. The molecule has 0 radical (unpaired) electrons. The number of anilines is 1. The van der Waals surface area contributed by atoms with Crippen molar-refractivity contribution in [1.82, 2.24) is 19.5 Å². The van der Waals surface area contributed by atoms with E-state index in [4.69, 9.17) is 16.0 Å². The Labute approximate surface area is 126 Å². The molecule has 2 aromatic rings. The van der Waals surface area contributed by atoms with E-state index < -0.39 is 36.3 Å². The van der Waals surface area contributed by atoms with Gasteiger partial charge >= 0.3 is 0 Å². The van der Waals surface area contributed by atoms with Gasteiger partial charge in [0.05, 0.1) is 12.9 Å². The number of rotatable bonds is 3. The number of aromatic amines is 1. The van der Waals surface area contributed by atoms with Crippen LogP contribution in [0.25, 0.3) is 21.6 Å². The van der Waals surface area contributed by atoms with E-state index in [0.29, 0.717) is 0 Å². The minimum absolute atomic E-state index is 0.00261. The SMILES string of the molecule is [N-]=[N+]=NC1(CO)OC(n2cnc3c(=O)[nH]c(N)nc32)C(O)C1O. The maximum absolute atomic E-state index is 11.7. The van der Waals surface area contributed by atoms with Crippen molar-refractivity contribution in [3.05, 3.63) is 27.1 Å². The van der Waals surface area contributed by atoms with Crippen molar-refractivity contribution in [2.45, 2.75) is 24.2 Å². The number of nitrogens with one attached hydrogen (secondary N) is 1. The summed E-state index contributed by atoms with van der Waals surface area (Å²) in [7, 11) is 0. The van der Waals surface area contributed by atoms with E-state index in [1.807, 2.05) is 0 Å². The molecule has 23 heavy (non-hydrogen) atoms. The molecule has 1 aliphatic rings. The van der Waals surface area contributed by atoms with E-state index in [2.05, 4.69) is 25.0 Å². The van der Waals surface area contributed by atoms with Crippen LogP contribution in [0, 0.1) is 0 Å². The Bertz CT molecular complexity index is 857. The fourth-order valence-corrected chi connectivity index (χ4v) is 2.44. The second kappa shape index (κ2) is 5.19. The molecule has 122 valence electrons. The standard InChI is InChI=1S/C10H12N8O5/c11-9-14-6-3(7(22)15-9)13-2-18(6)8-4(20)5(21)10(1-19,23-8)16-17-12/h2,4-5,8,19-21H,1H2,(H3,11,14,15,22). The second-order valence-corrected chi connectivity index (χ2v) is 4.91. The van der Waals surface area contributed by atoms with Gasteiger partial charge < -0.3 is 25.8 Å². The number of aliphatic hydroxyl groups excluding tert-OH is 3. The lowest BCUT2D eigenvalue weighted by molar-refractivity contribution is -0.123. The van der Waals surface area contributed by atoms with Crippen LogP contribution in [0.15, 0.2) is 16.2 Å². The van der Waals surface area contributed by atoms with Crippen molar-refractivity contribution in [1.29, 1.82) is 0 Å². The van der Waals surface area contributed by atoms with Gasteiger partial charge in [0, 0.05) is 4.91 Å². The number of azide groups is 1. The monoisotopic (exact) mass is 324 g/mol. The smallest absolute Gasteiger partial charge is 0.280 e. The van der Waals surface area contributed by atoms with Crippen LogP contribution < -0.4 is 11.3 Å². The third-order valence-electron chi connectivity index (χ3n) is 3.57. The first-order chi connectivity index (χ1) is 10.9. The number of nitrogens with two attached hydrogens (primary N) is 1. The summed E-state index contributed by atoms with van der Waals surface area (Å²) in [4.78, 5) is 24.3. The number of H-pyrrole nitrogens is 1. The quantitative estimate of drug-likeness (QED) is 0.240. The molecule has 3 rings (SSSR count). The Balaban J connectivity index is 2.13. The van der Waals surface area contributed by atoms with Gasteiger partial charge in [-0.2, -0.15) is 4.98 Å². The fraction of sp³-hybridized carbons (Fsp3) is 0.500. The molecule has 0 saturated carbocycles. The second-order valence-electron chi connectivity index (χ2n) is 4.91. The third kappa shape index (κ3) is 2.11. The minimum atomic E-state index is -2.07. The summed E-state index contributed by atoms with van der Waals surface area (Å²) in [6.07, 6.45) is -3.44. The minimum Gasteiger partial charge on any atom is -0.393 e. The van der Waals surface area contributed by atoms with E-state index in [1.165, 1.54) is 0 Å². The highest BCUT2D eigenvalue weighted by atomic mass is 16.6. The number of aliphatic hydroxyl groups is 3. The van der Waals surface area contributed by atoms with Crippen molar-refractivity contribution < 1.29 is 20.1 Å². The number of fused-ring (bicyclic) bond motifs is 1. The number of ether oxygens (including phenoxy) is 1. The van der Waals surface area contributed by atoms with Gasteiger partial charge in [-0.25, -0.2) is 4.98 Å². The van der Waals surface area contributed by atoms with Gasteiger partial charge in [-0.1, -0.05) is 5.11 Å². The Hall–Kier alpha value is -2.70. The summed E-state index contributed by atoms with van der Waals surface area (Å²) in [6.45, 7) is -0.867. The molecule has 13 heteroatoms. The lowest BCUT2D eigenvalue weighted by atomic mass is 10.1. The molecule has 1 saturated heterocycles. The normalized spacial score (nSPS) is 30.5. The number of nitrogens with zero attached hydrogens (tertiary/aromatic N) is 6. The van der Waals surface area contributed by atoms with Gasteiger partial charge in [0.2, 0.25) is 11.7 Å². The van der Waals surface area contributed by atoms with Crippen LogP contribution in [0.3, 0.4) is 0 Å². The van der Waals surface area contributed by atoms with Gasteiger partial charge in [-0.05, 0) is 5.53 Å². The average molecular weight is 324 g/mol. The molecule has 0 aromatic carbocycles. The van der Waals surface area contributed by atoms with Crippen molar-refractivity contribution in [3.8, 4) is 0 Å². The fourth-order valence-electron chi connectivity index (χ4n) is 2.44. The molecular weight excluding hydrogens is 312 g/mol. The molecule has 1 aliphatic heterocycles. The number of hydrogen-bond donors (Lipinski definition) is 5. The van der Waals surface area contributed by atoms with E-state index in [-0.39, 0.29) is 17.1 Å². The highest BCUT2D eigenvalue weighted by molar-refractivity contribution is 5.70. The van der Waals surface area contributed by atoms with Crippen molar-refractivity contribution >= 4 is 17.1 Å². The van der Waals surface area contributed by atoms with Gasteiger partial charge in [0.1, 0.15) is 12.2 Å². The zero-order valence-corrected chi connectivity index (χ0v) is 11.4. The van der Waals surface area contributed by atoms with Crippen LogP contribution in [0.2, 0.25) is 0 Å². The zero-order valence-electron chi connectivity index (χ0n) is 11.4. The summed E-state index contributed by atoms with van der Waals surface area (Å²) < 4.78 is 6.51. The molecule has 13 nitrogen and oxygen atoms in total. The molecule has 0 aliphatic carbocycles. The Morgan fingerprint density at radius 1 is 1.61 bits per heavy atom. The first-order valence-corrected chi connectivity index (χ1v) is 6.37. The van der Waals surface area contributed by atoms with Gasteiger partial charge in [-0.15, -0.1) is 0 Å². The molecule has 4 unspecified atom stereocenters. The molecule has 4 atom stereocenters.